The van der Waals surface area contributed by atoms with Crippen LogP contribution >= 0.6 is 11.3 Å². The first-order valence-electron chi connectivity index (χ1n) is 4.36. The van der Waals surface area contributed by atoms with Crippen LogP contribution in [-0.2, 0) is 11.3 Å². The highest BCUT2D eigenvalue weighted by Gasteiger charge is 2.01. The highest BCUT2D eigenvalue weighted by atomic mass is 32.1. The molecule has 0 saturated carbocycles. The van der Waals surface area contributed by atoms with Crippen LogP contribution in [0.25, 0.3) is 0 Å². The first-order chi connectivity index (χ1) is 6.24. The number of thiazole rings is 1. The number of nitrogens with one attached hydrogen (secondary N) is 1. The average Bonchev–Trinajstić information content (AvgIpc) is 2.41. The fourth-order valence-corrected chi connectivity index (χ4v) is 1.89. The van der Waals surface area contributed by atoms with Gasteiger partial charge in [0.25, 0.3) is 0 Å². The van der Waals surface area contributed by atoms with Crippen molar-refractivity contribution in [2.45, 2.75) is 20.4 Å². The molecule has 1 heterocycles. The molecular formula is C9H16N2OS. The Morgan fingerprint density at radius 1 is 1.46 bits per heavy atom. The monoisotopic (exact) mass is 200 g/mol. The minimum absolute atomic E-state index is 0.753. The predicted molar refractivity (Wildman–Crippen MR) is 55.2 cm³/mol. The summed E-state index contributed by atoms with van der Waals surface area (Å²) in [5.41, 5.74) is 1.15. The van der Waals surface area contributed by atoms with Gasteiger partial charge in [0.05, 0.1) is 12.3 Å². The predicted octanol–water partition coefficient (Wildman–Crippen LogP) is 1.50. The van der Waals surface area contributed by atoms with E-state index < -0.39 is 0 Å². The summed E-state index contributed by atoms with van der Waals surface area (Å²) in [6.45, 7) is 6.64. The van der Waals surface area contributed by atoms with E-state index in [1.165, 1.54) is 4.88 Å². The number of ether oxygens (including phenoxy) is 1. The maximum Gasteiger partial charge on any atom is 0.107 e. The first kappa shape index (κ1) is 10.6. The number of methoxy groups -OCH3 is 1. The van der Waals surface area contributed by atoms with Gasteiger partial charge in [-0.05, 0) is 13.8 Å². The van der Waals surface area contributed by atoms with Crippen LogP contribution in [0.5, 0.6) is 0 Å². The molecule has 1 aromatic rings. The van der Waals surface area contributed by atoms with E-state index in [0.717, 1.165) is 30.4 Å². The second-order valence-corrected chi connectivity index (χ2v) is 4.21. The maximum absolute atomic E-state index is 4.93. The van der Waals surface area contributed by atoms with Gasteiger partial charge < -0.3 is 10.1 Å². The molecule has 0 unspecified atom stereocenters. The van der Waals surface area contributed by atoms with Crippen molar-refractivity contribution in [2.24, 2.45) is 0 Å². The summed E-state index contributed by atoms with van der Waals surface area (Å²) in [6.07, 6.45) is 0. The quantitative estimate of drug-likeness (QED) is 0.731. The van der Waals surface area contributed by atoms with Crippen LogP contribution in [0.1, 0.15) is 15.6 Å². The molecule has 0 spiro atoms. The highest BCUT2D eigenvalue weighted by molar-refractivity contribution is 7.11. The highest BCUT2D eigenvalue weighted by Crippen LogP contribution is 2.15. The summed E-state index contributed by atoms with van der Waals surface area (Å²) < 4.78 is 4.93. The van der Waals surface area contributed by atoms with Gasteiger partial charge in [0, 0.05) is 25.1 Å². The molecule has 0 aliphatic heterocycles. The Kier molecular flexibility index (Phi) is 4.35. The van der Waals surface area contributed by atoms with Gasteiger partial charge in [0.2, 0.25) is 0 Å². The van der Waals surface area contributed by atoms with Crippen LogP contribution in [0.15, 0.2) is 0 Å². The summed E-state index contributed by atoms with van der Waals surface area (Å²) >= 11 is 1.76. The van der Waals surface area contributed by atoms with Crippen LogP contribution in [0, 0.1) is 13.8 Å². The van der Waals surface area contributed by atoms with Gasteiger partial charge in [-0.25, -0.2) is 4.98 Å². The molecule has 0 amide bonds. The van der Waals surface area contributed by atoms with Crippen molar-refractivity contribution in [2.75, 3.05) is 20.3 Å². The molecule has 0 radical (unpaired) electrons. The summed E-state index contributed by atoms with van der Waals surface area (Å²) in [4.78, 5) is 5.73. The molecule has 0 bridgehead atoms. The third kappa shape index (κ3) is 3.42. The molecule has 3 nitrogen and oxygen atoms in total. The fourth-order valence-electron chi connectivity index (χ4n) is 0.984. The second-order valence-electron chi connectivity index (χ2n) is 2.92. The Balaban J connectivity index is 2.29. The van der Waals surface area contributed by atoms with Gasteiger partial charge in [-0.15, -0.1) is 11.3 Å². The van der Waals surface area contributed by atoms with E-state index in [1.54, 1.807) is 18.4 Å². The Hall–Kier alpha value is -0.450. The molecule has 0 saturated heterocycles. The zero-order chi connectivity index (χ0) is 9.68. The van der Waals surface area contributed by atoms with Crippen molar-refractivity contribution in [1.29, 1.82) is 0 Å². The first-order valence-corrected chi connectivity index (χ1v) is 5.18. The van der Waals surface area contributed by atoms with Crippen LogP contribution in [0.3, 0.4) is 0 Å². The molecule has 0 aromatic carbocycles. The van der Waals surface area contributed by atoms with Crippen molar-refractivity contribution in [3.05, 3.63) is 15.6 Å². The Morgan fingerprint density at radius 3 is 2.77 bits per heavy atom. The third-order valence-electron chi connectivity index (χ3n) is 1.83. The van der Waals surface area contributed by atoms with Crippen molar-refractivity contribution >= 4 is 11.3 Å². The van der Waals surface area contributed by atoms with Crippen molar-refractivity contribution < 1.29 is 4.74 Å². The van der Waals surface area contributed by atoms with Crippen LogP contribution in [0.4, 0.5) is 0 Å². The molecule has 13 heavy (non-hydrogen) atoms. The Bertz CT molecular complexity index is 241. The molecule has 1 N–H and O–H groups in total. The summed E-state index contributed by atoms with van der Waals surface area (Å²) in [5.74, 6) is 0. The lowest BCUT2D eigenvalue weighted by atomic mass is 10.4. The third-order valence-corrected chi connectivity index (χ3v) is 2.90. The minimum atomic E-state index is 0.753. The molecule has 0 fully saturated rings. The average molecular weight is 200 g/mol. The summed E-state index contributed by atoms with van der Waals surface area (Å²) in [5, 5.41) is 4.42. The molecule has 1 aromatic heterocycles. The number of aryl methyl sites for hydroxylation is 2. The molecule has 0 atom stereocenters. The van der Waals surface area contributed by atoms with Gasteiger partial charge in [-0.3, -0.25) is 0 Å². The zero-order valence-electron chi connectivity index (χ0n) is 8.39. The van der Waals surface area contributed by atoms with Gasteiger partial charge in [-0.1, -0.05) is 0 Å². The molecule has 0 aliphatic rings. The fraction of sp³-hybridized carbons (Fsp3) is 0.667. The molecular weight excluding hydrogens is 184 g/mol. The van der Waals surface area contributed by atoms with Gasteiger partial charge in [0.15, 0.2) is 0 Å². The van der Waals surface area contributed by atoms with Gasteiger partial charge >= 0.3 is 0 Å². The zero-order valence-corrected chi connectivity index (χ0v) is 9.20. The molecule has 4 heteroatoms. The lowest BCUT2D eigenvalue weighted by Gasteiger charge is -1.99. The standard InChI is InChI=1S/C9H16N2OS/c1-7-8(2)13-9(11-7)6-10-4-5-12-3/h10H,4-6H2,1-3H3. The number of rotatable bonds is 5. The van der Waals surface area contributed by atoms with E-state index in [2.05, 4.69) is 17.2 Å². The van der Waals surface area contributed by atoms with Gasteiger partial charge in [-0.2, -0.15) is 0 Å². The lowest BCUT2D eigenvalue weighted by Crippen LogP contribution is -2.18. The topological polar surface area (TPSA) is 34.1 Å². The van der Waals surface area contributed by atoms with Crippen LogP contribution in [-0.4, -0.2) is 25.2 Å². The summed E-state index contributed by atoms with van der Waals surface area (Å²) in [7, 11) is 1.71. The normalized spacial score (nSPS) is 10.7. The van der Waals surface area contributed by atoms with E-state index in [1.807, 2.05) is 6.92 Å². The number of hydrogen-bond acceptors (Lipinski definition) is 4. The van der Waals surface area contributed by atoms with Crippen LogP contribution in [0.2, 0.25) is 0 Å². The number of hydrogen-bond donors (Lipinski definition) is 1. The molecule has 0 aliphatic carbocycles. The largest absolute Gasteiger partial charge is 0.383 e. The smallest absolute Gasteiger partial charge is 0.107 e. The molecule has 74 valence electrons. The SMILES string of the molecule is COCCNCc1nc(C)c(C)s1. The number of aromatic nitrogens is 1. The van der Waals surface area contributed by atoms with E-state index >= 15 is 0 Å². The Labute approximate surface area is 83.1 Å². The minimum Gasteiger partial charge on any atom is -0.383 e. The number of nitrogens with zero attached hydrogens (tertiary/aromatic N) is 1. The Morgan fingerprint density at radius 2 is 2.23 bits per heavy atom. The summed E-state index contributed by atoms with van der Waals surface area (Å²) in [6, 6.07) is 0. The maximum atomic E-state index is 4.93. The van der Waals surface area contributed by atoms with E-state index in [9.17, 15) is 0 Å². The van der Waals surface area contributed by atoms with Crippen LogP contribution < -0.4 is 5.32 Å². The van der Waals surface area contributed by atoms with E-state index in [-0.39, 0.29) is 0 Å². The van der Waals surface area contributed by atoms with Crippen molar-refractivity contribution in [3.8, 4) is 0 Å². The lowest BCUT2D eigenvalue weighted by molar-refractivity contribution is 0.199. The van der Waals surface area contributed by atoms with E-state index in [4.69, 9.17) is 4.74 Å². The van der Waals surface area contributed by atoms with Crippen molar-refractivity contribution in [3.63, 3.8) is 0 Å². The van der Waals surface area contributed by atoms with E-state index in [0.29, 0.717) is 0 Å². The molecule has 1 rings (SSSR count). The van der Waals surface area contributed by atoms with Gasteiger partial charge in [0.1, 0.15) is 5.01 Å². The van der Waals surface area contributed by atoms with Crippen molar-refractivity contribution in [1.82, 2.24) is 10.3 Å². The second kappa shape index (κ2) is 5.32.